The molecule has 0 spiro atoms. The topological polar surface area (TPSA) is 76.5 Å². The molecule has 114 valence electrons. The molecule has 0 aliphatic heterocycles. The van der Waals surface area contributed by atoms with Crippen molar-refractivity contribution in [1.82, 2.24) is 4.31 Å². The quantitative estimate of drug-likeness (QED) is 0.925. The van der Waals surface area contributed by atoms with E-state index in [0.717, 1.165) is 25.7 Å². The molecule has 0 unspecified atom stereocenters. The number of hydrogen-bond acceptors (Lipinski definition) is 4. The van der Waals surface area contributed by atoms with Gasteiger partial charge in [-0.25, -0.2) is 8.42 Å². The molecule has 1 saturated carbocycles. The minimum absolute atomic E-state index is 0.0897. The molecular weight excluding hydrogens is 276 g/mol. The lowest BCUT2D eigenvalue weighted by molar-refractivity contribution is 0.246. The number of rotatable bonds is 4. The molecule has 1 aromatic heterocycles. The molecule has 2 N–H and O–H groups in total. The van der Waals surface area contributed by atoms with Crippen LogP contribution in [0, 0.1) is 12.8 Å². The largest absolute Gasteiger partial charge is 0.464 e. The van der Waals surface area contributed by atoms with Gasteiger partial charge < -0.3 is 10.2 Å². The van der Waals surface area contributed by atoms with E-state index in [1.165, 1.54) is 4.31 Å². The van der Waals surface area contributed by atoms with E-state index < -0.39 is 10.0 Å². The van der Waals surface area contributed by atoms with Crippen LogP contribution in [0.15, 0.2) is 15.4 Å². The third-order valence-corrected chi connectivity index (χ3v) is 6.30. The first-order valence-corrected chi connectivity index (χ1v) is 8.57. The van der Waals surface area contributed by atoms with Crippen molar-refractivity contribution >= 4 is 10.0 Å². The summed E-state index contributed by atoms with van der Waals surface area (Å²) < 4.78 is 32.3. The molecule has 1 aliphatic rings. The van der Waals surface area contributed by atoms with Gasteiger partial charge in [-0.15, -0.1) is 0 Å². The van der Waals surface area contributed by atoms with Gasteiger partial charge in [0.1, 0.15) is 16.4 Å². The minimum Gasteiger partial charge on any atom is -0.464 e. The number of nitrogens with two attached hydrogens (primary N) is 1. The van der Waals surface area contributed by atoms with Gasteiger partial charge in [-0.3, -0.25) is 0 Å². The minimum atomic E-state index is -3.49. The van der Waals surface area contributed by atoms with Crippen molar-refractivity contribution in [3.63, 3.8) is 0 Å². The lowest BCUT2D eigenvalue weighted by atomic mass is 9.87. The summed E-state index contributed by atoms with van der Waals surface area (Å²) in [5, 5.41) is 0. The molecule has 20 heavy (non-hydrogen) atoms. The Kier molecular flexibility index (Phi) is 4.56. The van der Waals surface area contributed by atoms with Crippen molar-refractivity contribution in [3.8, 4) is 0 Å². The Labute approximate surface area is 121 Å². The molecule has 5 nitrogen and oxygen atoms in total. The number of nitrogens with zero attached hydrogens (tertiary/aromatic N) is 1. The van der Waals surface area contributed by atoms with E-state index in [1.54, 1.807) is 20.0 Å². The van der Waals surface area contributed by atoms with Gasteiger partial charge in [-0.1, -0.05) is 6.92 Å². The SMILES string of the molecule is Cc1oc(CN)cc1S(=O)(=O)N(C)C1CCC(C)CC1. The molecule has 0 radical (unpaired) electrons. The normalized spacial score (nSPS) is 24.2. The first-order valence-electron chi connectivity index (χ1n) is 7.13. The summed E-state index contributed by atoms with van der Waals surface area (Å²) in [5.74, 6) is 1.62. The average Bonchev–Trinajstić information content (AvgIpc) is 2.81. The maximum absolute atomic E-state index is 12.7. The smallest absolute Gasteiger partial charge is 0.246 e. The fourth-order valence-corrected chi connectivity index (χ4v) is 4.44. The number of furan rings is 1. The third kappa shape index (κ3) is 2.92. The number of sulfonamides is 1. The predicted molar refractivity (Wildman–Crippen MR) is 77.7 cm³/mol. The lowest BCUT2D eigenvalue weighted by Crippen LogP contribution is -2.39. The first-order chi connectivity index (χ1) is 9.36. The summed E-state index contributed by atoms with van der Waals surface area (Å²) in [6, 6.07) is 1.64. The molecule has 1 aromatic rings. The van der Waals surface area contributed by atoms with Gasteiger partial charge in [-0.2, -0.15) is 4.31 Å². The highest BCUT2D eigenvalue weighted by Crippen LogP contribution is 2.31. The van der Waals surface area contributed by atoms with Gasteiger partial charge in [0.2, 0.25) is 10.0 Å². The van der Waals surface area contributed by atoms with Crippen molar-refractivity contribution in [2.75, 3.05) is 7.05 Å². The summed E-state index contributed by atoms with van der Waals surface area (Å²) in [4.78, 5) is 0.249. The van der Waals surface area contributed by atoms with Crippen LogP contribution in [-0.4, -0.2) is 25.8 Å². The van der Waals surface area contributed by atoms with Crippen molar-refractivity contribution in [2.24, 2.45) is 11.7 Å². The molecule has 0 atom stereocenters. The van der Waals surface area contributed by atoms with E-state index in [-0.39, 0.29) is 17.5 Å². The Balaban J connectivity index is 2.22. The van der Waals surface area contributed by atoms with Crippen LogP contribution in [0.2, 0.25) is 0 Å². The molecular formula is C14H24N2O3S. The Morgan fingerprint density at radius 3 is 2.45 bits per heavy atom. The Morgan fingerprint density at radius 1 is 1.35 bits per heavy atom. The van der Waals surface area contributed by atoms with Gasteiger partial charge in [-0.05, 0) is 38.5 Å². The molecule has 6 heteroatoms. The second-order valence-electron chi connectivity index (χ2n) is 5.77. The zero-order chi connectivity index (χ0) is 14.9. The molecule has 1 heterocycles. The van der Waals surface area contributed by atoms with Crippen LogP contribution in [-0.2, 0) is 16.6 Å². The Bertz CT molecular complexity index is 557. The highest BCUT2D eigenvalue weighted by Gasteiger charge is 2.32. The molecule has 1 fully saturated rings. The number of aryl methyl sites for hydroxylation is 1. The molecule has 0 amide bonds. The van der Waals surface area contributed by atoms with Crippen molar-refractivity contribution in [1.29, 1.82) is 0 Å². The molecule has 0 aromatic carbocycles. The van der Waals surface area contributed by atoms with E-state index in [0.29, 0.717) is 17.4 Å². The summed E-state index contributed by atoms with van der Waals surface area (Å²) in [6.07, 6.45) is 4.03. The van der Waals surface area contributed by atoms with Crippen LogP contribution in [0.25, 0.3) is 0 Å². The second-order valence-corrected chi connectivity index (χ2v) is 7.74. The van der Waals surface area contributed by atoms with Gasteiger partial charge in [0.15, 0.2) is 0 Å². The van der Waals surface area contributed by atoms with Crippen LogP contribution in [0.1, 0.15) is 44.1 Å². The summed E-state index contributed by atoms with van der Waals surface area (Å²) >= 11 is 0. The molecule has 0 bridgehead atoms. The van der Waals surface area contributed by atoms with E-state index in [1.807, 2.05) is 0 Å². The Hall–Kier alpha value is -0.850. The van der Waals surface area contributed by atoms with Crippen molar-refractivity contribution in [2.45, 2.75) is 57.0 Å². The standard InChI is InChI=1S/C14H24N2O3S/c1-10-4-6-12(7-5-10)16(3)20(17,18)14-8-13(9-15)19-11(14)2/h8,10,12H,4-7,9,15H2,1-3H3. The van der Waals surface area contributed by atoms with Gasteiger partial charge in [0, 0.05) is 19.2 Å². The zero-order valence-corrected chi connectivity index (χ0v) is 13.2. The Morgan fingerprint density at radius 2 is 1.95 bits per heavy atom. The number of hydrogen-bond donors (Lipinski definition) is 1. The highest BCUT2D eigenvalue weighted by molar-refractivity contribution is 7.89. The van der Waals surface area contributed by atoms with Crippen LogP contribution in [0.5, 0.6) is 0 Å². The van der Waals surface area contributed by atoms with Crippen molar-refractivity contribution < 1.29 is 12.8 Å². The predicted octanol–water partition coefficient (Wildman–Crippen LogP) is 2.25. The highest BCUT2D eigenvalue weighted by atomic mass is 32.2. The van der Waals surface area contributed by atoms with Gasteiger partial charge in [0.25, 0.3) is 0 Å². The zero-order valence-electron chi connectivity index (χ0n) is 12.4. The summed E-state index contributed by atoms with van der Waals surface area (Å²) in [6.45, 7) is 4.10. The van der Waals surface area contributed by atoms with Gasteiger partial charge in [0.05, 0.1) is 6.54 Å². The summed E-state index contributed by atoms with van der Waals surface area (Å²) in [5.41, 5.74) is 5.51. The fraction of sp³-hybridized carbons (Fsp3) is 0.714. The fourth-order valence-electron chi connectivity index (χ4n) is 2.84. The molecule has 0 saturated heterocycles. The van der Waals surface area contributed by atoms with Gasteiger partial charge >= 0.3 is 0 Å². The average molecular weight is 300 g/mol. The maximum Gasteiger partial charge on any atom is 0.246 e. The monoisotopic (exact) mass is 300 g/mol. The van der Waals surface area contributed by atoms with E-state index >= 15 is 0 Å². The van der Waals surface area contributed by atoms with Crippen LogP contribution in [0.4, 0.5) is 0 Å². The maximum atomic E-state index is 12.7. The van der Waals surface area contributed by atoms with Crippen LogP contribution in [0.3, 0.4) is 0 Å². The van der Waals surface area contributed by atoms with E-state index in [4.69, 9.17) is 10.2 Å². The summed E-state index contributed by atoms with van der Waals surface area (Å²) in [7, 11) is -1.82. The second kappa shape index (κ2) is 5.87. The lowest BCUT2D eigenvalue weighted by Gasteiger charge is -2.32. The van der Waals surface area contributed by atoms with Crippen LogP contribution < -0.4 is 5.73 Å². The molecule has 1 aliphatic carbocycles. The van der Waals surface area contributed by atoms with E-state index in [9.17, 15) is 8.42 Å². The van der Waals surface area contributed by atoms with Crippen LogP contribution >= 0.6 is 0 Å². The van der Waals surface area contributed by atoms with E-state index in [2.05, 4.69) is 6.92 Å². The first kappa shape index (κ1) is 15.5. The molecule has 2 rings (SSSR count). The van der Waals surface area contributed by atoms with Crippen molar-refractivity contribution in [3.05, 3.63) is 17.6 Å². The third-order valence-electron chi connectivity index (χ3n) is 4.28.